The van der Waals surface area contributed by atoms with E-state index in [0.29, 0.717) is 5.92 Å². The minimum Gasteiger partial charge on any atom is -0.0620 e. The van der Waals surface area contributed by atoms with Crippen molar-refractivity contribution < 1.29 is 0 Å². The maximum atomic E-state index is 2.33. The van der Waals surface area contributed by atoms with E-state index in [0.717, 1.165) is 6.42 Å². The summed E-state index contributed by atoms with van der Waals surface area (Å²) in [6.45, 7) is 8.92. The molecule has 0 radical (unpaired) electrons. The molecule has 2 aromatic rings. The van der Waals surface area contributed by atoms with Crippen molar-refractivity contribution in [2.45, 2.75) is 40.0 Å². The van der Waals surface area contributed by atoms with Crippen LogP contribution >= 0.6 is 0 Å². The summed E-state index contributed by atoms with van der Waals surface area (Å²) >= 11 is 0. The van der Waals surface area contributed by atoms with E-state index >= 15 is 0 Å². The van der Waals surface area contributed by atoms with Gasteiger partial charge in [-0.05, 0) is 47.1 Å². The third-order valence-corrected chi connectivity index (χ3v) is 3.61. The zero-order valence-electron chi connectivity index (χ0n) is 11.8. The van der Waals surface area contributed by atoms with Crippen molar-refractivity contribution >= 4 is 0 Å². The molecule has 94 valence electrons. The SMILES string of the molecule is CCc1ccccc1-c1ccc(C(C)C)cc1C. The van der Waals surface area contributed by atoms with Crippen molar-refractivity contribution in [3.05, 3.63) is 59.2 Å². The maximum Gasteiger partial charge on any atom is -0.0149 e. The smallest absolute Gasteiger partial charge is 0.0149 e. The van der Waals surface area contributed by atoms with E-state index in [9.17, 15) is 0 Å². The third kappa shape index (κ3) is 2.48. The Morgan fingerprint density at radius 3 is 2.28 bits per heavy atom. The Labute approximate surface area is 111 Å². The van der Waals surface area contributed by atoms with Gasteiger partial charge in [0.15, 0.2) is 0 Å². The fraction of sp³-hybridized carbons (Fsp3) is 0.333. The second kappa shape index (κ2) is 5.39. The molecule has 0 N–H and O–H groups in total. The Balaban J connectivity index is 2.51. The highest BCUT2D eigenvalue weighted by Crippen LogP contribution is 2.29. The van der Waals surface area contributed by atoms with Crippen LogP contribution in [0.2, 0.25) is 0 Å². The molecular weight excluding hydrogens is 216 g/mol. The highest BCUT2D eigenvalue weighted by molar-refractivity contribution is 5.71. The first kappa shape index (κ1) is 12.9. The molecule has 0 heterocycles. The van der Waals surface area contributed by atoms with Gasteiger partial charge in [0.2, 0.25) is 0 Å². The first-order valence-corrected chi connectivity index (χ1v) is 6.82. The lowest BCUT2D eigenvalue weighted by Gasteiger charge is -2.13. The van der Waals surface area contributed by atoms with Crippen molar-refractivity contribution in [1.29, 1.82) is 0 Å². The van der Waals surface area contributed by atoms with Gasteiger partial charge in [-0.25, -0.2) is 0 Å². The van der Waals surface area contributed by atoms with Crippen molar-refractivity contribution in [1.82, 2.24) is 0 Å². The van der Waals surface area contributed by atoms with E-state index in [2.05, 4.69) is 70.2 Å². The summed E-state index contributed by atoms with van der Waals surface area (Å²) in [5.41, 5.74) is 6.98. The maximum absolute atomic E-state index is 2.33. The van der Waals surface area contributed by atoms with Crippen molar-refractivity contribution in [2.24, 2.45) is 0 Å². The van der Waals surface area contributed by atoms with Gasteiger partial charge in [0.05, 0.1) is 0 Å². The second-order valence-electron chi connectivity index (χ2n) is 5.24. The van der Waals surface area contributed by atoms with E-state index in [1.54, 1.807) is 0 Å². The molecule has 2 aromatic carbocycles. The summed E-state index contributed by atoms with van der Waals surface area (Å²) in [4.78, 5) is 0. The van der Waals surface area contributed by atoms with Crippen LogP contribution in [0, 0.1) is 6.92 Å². The van der Waals surface area contributed by atoms with Gasteiger partial charge in [-0.3, -0.25) is 0 Å². The number of benzene rings is 2. The quantitative estimate of drug-likeness (QED) is 0.676. The van der Waals surface area contributed by atoms with Gasteiger partial charge >= 0.3 is 0 Å². The highest BCUT2D eigenvalue weighted by atomic mass is 14.1. The average molecular weight is 238 g/mol. The monoisotopic (exact) mass is 238 g/mol. The summed E-state index contributed by atoms with van der Waals surface area (Å²) in [7, 11) is 0. The van der Waals surface area contributed by atoms with Gasteiger partial charge in [-0.1, -0.05) is 63.2 Å². The summed E-state index contributed by atoms with van der Waals surface area (Å²) in [6, 6.07) is 15.6. The van der Waals surface area contributed by atoms with Crippen LogP contribution in [0.25, 0.3) is 11.1 Å². The molecule has 2 rings (SSSR count). The Morgan fingerprint density at radius 2 is 1.67 bits per heavy atom. The molecule has 0 bridgehead atoms. The summed E-state index contributed by atoms with van der Waals surface area (Å²) in [5, 5.41) is 0. The van der Waals surface area contributed by atoms with E-state index in [1.807, 2.05) is 0 Å². The molecule has 0 aliphatic carbocycles. The molecule has 0 atom stereocenters. The summed E-state index contributed by atoms with van der Waals surface area (Å²) in [5.74, 6) is 0.596. The lowest BCUT2D eigenvalue weighted by Crippen LogP contribution is -1.93. The predicted molar refractivity (Wildman–Crippen MR) is 80.1 cm³/mol. The van der Waals surface area contributed by atoms with E-state index in [-0.39, 0.29) is 0 Å². The molecule has 0 unspecified atom stereocenters. The number of hydrogen-bond acceptors (Lipinski definition) is 0. The minimum absolute atomic E-state index is 0.596. The van der Waals surface area contributed by atoms with Gasteiger partial charge < -0.3 is 0 Å². The molecule has 0 aliphatic heterocycles. The molecule has 0 amide bonds. The van der Waals surface area contributed by atoms with E-state index < -0.39 is 0 Å². The fourth-order valence-corrected chi connectivity index (χ4v) is 2.44. The molecule has 0 spiro atoms. The Morgan fingerprint density at radius 1 is 0.944 bits per heavy atom. The molecule has 0 saturated carbocycles. The molecule has 0 nitrogen and oxygen atoms in total. The lowest BCUT2D eigenvalue weighted by molar-refractivity contribution is 0.865. The summed E-state index contributed by atoms with van der Waals surface area (Å²) < 4.78 is 0. The average Bonchev–Trinajstić information content (AvgIpc) is 2.38. The first-order valence-electron chi connectivity index (χ1n) is 6.82. The van der Waals surface area contributed by atoms with Crippen molar-refractivity contribution in [3.63, 3.8) is 0 Å². The van der Waals surface area contributed by atoms with Crippen LogP contribution in [-0.4, -0.2) is 0 Å². The fourth-order valence-electron chi connectivity index (χ4n) is 2.44. The molecule has 0 aliphatic rings. The van der Waals surface area contributed by atoms with Crippen LogP contribution in [0.4, 0.5) is 0 Å². The predicted octanol–water partition coefficient (Wildman–Crippen LogP) is 5.35. The molecular formula is C18H22. The lowest BCUT2D eigenvalue weighted by atomic mass is 9.91. The molecule has 0 fully saturated rings. The van der Waals surface area contributed by atoms with Crippen LogP contribution < -0.4 is 0 Å². The summed E-state index contributed by atoms with van der Waals surface area (Å²) in [6.07, 6.45) is 1.08. The van der Waals surface area contributed by atoms with Crippen LogP contribution in [-0.2, 0) is 6.42 Å². The van der Waals surface area contributed by atoms with Gasteiger partial charge in [0.25, 0.3) is 0 Å². The molecule has 0 aromatic heterocycles. The van der Waals surface area contributed by atoms with Gasteiger partial charge in [-0.2, -0.15) is 0 Å². The highest BCUT2D eigenvalue weighted by Gasteiger charge is 2.07. The molecule has 18 heavy (non-hydrogen) atoms. The Bertz CT molecular complexity index is 535. The van der Waals surface area contributed by atoms with Crippen LogP contribution in [0.1, 0.15) is 43.4 Å². The standard InChI is InChI=1S/C18H22/c1-5-15-8-6-7-9-18(15)17-11-10-16(13(2)3)12-14(17)4/h6-13H,5H2,1-4H3. The minimum atomic E-state index is 0.596. The van der Waals surface area contributed by atoms with E-state index in [4.69, 9.17) is 0 Å². The van der Waals surface area contributed by atoms with E-state index in [1.165, 1.54) is 27.8 Å². The zero-order valence-corrected chi connectivity index (χ0v) is 11.8. The van der Waals surface area contributed by atoms with Crippen molar-refractivity contribution in [3.8, 4) is 11.1 Å². The normalized spacial score (nSPS) is 10.9. The second-order valence-corrected chi connectivity index (χ2v) is 5.24. The van der Waals surface area contributed by atoms with Crippen molar-refractivity contribution in [2.75, 3.05) is 0 Å². The van der Waals surface area contributed by atoms with Crippen LogP contribution in [0.3, 0.4) is 0 Å². The van der Waals surface area contributed by atoms with Crippen LogP contribution in [0.15, 0.2) is 42.5 Å². The first-order chi connectivity index (χ1) is 8.63. The zero-order chi connectivity index (χ0) is 13.1. The van der Waals surface area contributed by atoms with Gasteiger partial charge in [-0.15, -0.1) is 0 Å². The Hall–Kier alpha value is -1.56. The number of aryl methyl sites for hydroxylation is 2. The Kier molecular flexibility index (Phi) is 3.86. The largest absolute Gasteiger partial charge is 0.0620 e. The van der Waals surface area contributed by atoms with Crippen LogP contribution in [0.5, 0.6) is 0 Å². The van der Waals surface area contributed by atoms with Gasteiger partial charge in [0.1, 0.15) is 0 Å². The molecule has 0 saturated heterocycles. The van der Waals surface area contributed by atoms with Gasteiger partial charge in [0, 0.05) is 0 Å². The third-order valence-electron chi connectivity index (χ3n) is 3.61. The number of rotatable bonds is 3. The number of hydrogen-bond donors (Lipinski definition) is 0. The topological polar surface area (TPSA) is 0 Å². The molecule has 0 heteroatoms.